The van der Waals surface area contributed by atoms with Crippen molar-refractivity contribution in [2.45, 2.75) is 6.61 Å². The molecule has 0 fully saturated rings. The van der Waals surface area contributed by atoms with Crippen LogP contribution in [0.3, 0.4) is 0 Å². The van der Waals surface area contributed by atoms with Gasteiger partial charge in [0.05, 0.1) is 145 Å². The number of rotatable bonds is 34. The lowest BCUT2D eigenvalue weighted by Gasteiger charge is -2.09. The Morgan fingerprint density at radius 1 is 0.366 bits per heavy atom. The van der Waals surface area contributed by atoms with Crippen molar-refractivity contribution in [3.8, 4) is 0 Å². The molecule has 11 heteroatoms. The molecular formula is C30H52O11. The van der Waals surface area contributed by atoms with Gasteiger partial charge >= 0.3 is 0 Å². The molecule has 0 bridgehead atoms. The summed E-state index contributed by atoms with van der Waals surface area (Å²) in [6, 6.07) is 10.1. The van der Waals surface area contributed by atoms with Crippen molar-refractivity contribution in [3.05, 3.63) is 48.6 Å². The van der Waals surface area contributed by atoms with Crippen molar-refractivity contribution >= 4 is 0 Å². The second kappa shape index (κ2) is 33.0. The summed E-state index contributed by atoms with van der Waals surface area (Å²) in [7, 11) is 0. The molecular weight excluding hydrogens is 536 g/mol. The van der Waals surface area contributed by atoms with Gasteiger partial charge in [0.2, 0.25) is 0 Å². The molecule has 0 aliphatic rings. The molecule has 11 nitrogen and oxygen atoms in total. The fourth-order valence-corrected chi connectivity index (χ4v) is 3.03. The van der Waals surface area contributed by atoms with Crippen molar-refractivity contribution in [1.29, 1.82) is 0 Å². The molecule has 0 aliphatic heterocycles. The maximum Gasteiger partial charge on any atom is 0.0718 e. The van der Waals surface area contributed by atoms with E-state index in [1.54, 1.807) is 6.08 Å². The lowest BCUT2D eigenvalue weighted by atomic mass is 10.2. The molecule has 0 amide bonds. The number of hydrogen-bond donors (Lipinski definition) is 0. The molecule has 238 valence electrons. The average molecular weight is 589 g/mol. The van der Waals surface area contributed by atoms with Gasteiger partial charge in [0.15, 0.2) is 0 Å². The molecule has 0 spiro atoms. The summed E-state index contributed by atoms with van der Waals surface area (Å²) in [5, 5.41) is 0. The molecule has 0 radical (unpaired) electrons. The molecule has 1 aromatic rings. The second-order valence-corrected chi connectivity index (χ2v) is 8.41. The first-order valence-electron chi connectivity index (χ1n) is 14.4. The van der Waals surface area contributed by atoms with E-state index in [1.165, 1.54) is 0 Å². The molecule has 0 aromatic heterocycles. The van der Waals surface area contributed by atoms with E-state index in [0.717, 1.165) is 5.56 Å². The smallest absolute Gasteiger partial charge is 0.0718 e. The second-order valence-electron chi connectivity index (χ2n) is 8.41. The molecule has 0 atom stereocenters. The third-order valence-corrected chi connectivity index (χ3v) is 5.07. The van der Waals surface area contributed by atoms with Gasteiger partial charge in [-0.05, 0) is 5.56 Å². The Hall–Kier alpha value is -1.48. The summed E-state index contributed by atoms with van der Waals surface area (Å²) < 4.78 is 59.8. The van der Waals surface area contributed by atoms with Crippen LogP contribution in [-0.4, -0.2) is 139 Å². The Labute approximate surface area is 246 Å². The SMILES string of the molecule is C=CCOCCOCCOCCOCCOCCOCCOCCOCCOCCOCCOCc1ccccc1. The lowest BCUT2D eigenvalue weighted by molar-refractivity contribution is -0.0275. The van der Waals surface area contributed by atoms with Gasteiger partial charge in [-0.3, -0.25) is 0 Å². The zero-order valence-electron chi connectivity index (χ0n) is 24.7. The van der Waals surface area contributed by atoms with Crippen LogP contribution >= 0.6 is 0 Å². The van der Waals surface area contributed by atoms with E-state index in [0.29, 0.717) is 145 Å². The average Bonchev–Trinajstić information content (AvgIpc) is 3.00. The van der Waals surface area contributed by atoms with E-state index in [1.807, 2.05) is 30.3 Å². The van der Waals surface area contributed by atoms with Crippen LogP contribution in [0.25, 0.3) is 0 Å². The summed E-state index contributed by atoms with van der Waals surface area (Å²) in [6.45, 7) is 15.4. The molecule has 41 heavy (non-hydrogen) atoms. The molecule has 1 aromatic carbocycles. The zero-order chi connectivity index (χ0) is 29.2. The fourth-order valence-electron chi connectivity index (χ4n) is 3.03. The van der Waals surface area contributed by atoms with Crippen molar-refractivity contribution in [2.24, 2.45) is 0 Å². The first kappa shape index (κ1) is 37.5. The fraction of sp³-hybridized carbons (Fsp3) is 0.733. The number of benzene rings is 1. The van der Waals surface area contributed by atoms with Crippen LogP contribution in [0.15, 0.2) is 43.0 Å². The summed E-state index contributed by atoms with van der Waals surface area (Å²) in [4.78, 5) is 0. The minimum absolute atomic E-state index is 0.517. The molecule has 0 unspecified atom stereocenters. The van der Waals surface area contributed by atoms with Crippen LogP contribution in [0.5, 0.6) is 0 Å². The van der Waals surface area contributed by atoms with E-state index in [2.05, 4.69) is 6.58 Å². The van der Waals surface area contributed by atoms with Crippen LogP contribution < -0.4 is 0 Å². The molecule has 0 saturated heterocycles. The van der Waals surface area contributed by atoms with Gasteiger partial charge in [-0.25, -0.2) is 0 Å². The van der Waals surface area contributed by atoms with Crippen LogP contribution in [-0.2, 0) is 58.7 Å². The Kier molecular flexibility index (Phi) is 30.2. The van der Waals surface area contributed by atoms with Crippen molar-refractivity contribution in [2.75, 3.05) is 139 Å². The minimum Gasteiger partial charge on any atom is -0.377 e. The van der Waals surface area contributed by atoms with Gasteiger partial charge in [0, 0.05) is 0 Å². The first-order chi connectivity index (χ1) is 20.4. The van der Waals surface area contributed by atoms with Gasteiger partial charge in [-0.2, -0.15) is 0 Å². The first-order valence-corrected chi connectivity index (χ1v) is 14.4. The Bertz CT molecular complexity index is 636. The zero-order valence-corrected chi connectivity index (χ0v) is 24.7. The van der Waals surface area contributed by atoms with E-state index in [-0.39, 0.29) is 0 Å². The highest BCUT2D eigenvalue weighted by Crippen LogP contribution is 2.00. The van der Waals surface area contributed by atoms with E-state index >= 15 is 0 Å². The van der Waals surface area contributed by atoms with Gasteiger partial charge < -0.3 is 52.1 Å². The minimum atomic E-state index is 0.517. The van der Waals surface area contributed by atoms with Crippen LogP contribution in [0.4, 0.5) is 0 Å². The number of hydrogen-bond acceptors (Lipinski definition) is 11. The van der Waals surface area contributed by atoms with Gasteiger partial charge in [0.25, 0.3) is 0 Å². The van der Waals surface area contributed by atoms with E-state index in [4.69, 9.17) is 52.1 Å². The van der Waals surface area contributed by atoms with Gasteiger partial charge in [-0.15, -0.1) is 6.58 Å². The van der Waals surface area contributed by atoms with Crippen LogP contribution in [0.2, 0.25) is 0 Å². The van der Waals surface area contributed by atoms with E-state index in [9.17, 15) is 0 Å². The summed E-state index contributed by atoms with van der Waals surface area (Å²) >= 11 is 0. The molecule has 1 rings (SSSR count). The third-order valence-electron chi connectivity index (χ3n) is 5.07. The Morgan fingerprint density at radius 2 is 0.634 bits per heavy atom. The lowest BCUT2D eigenvalue weighted by Crippen LogP contribution is -2.15. The highest BCUT2D eigenvalue weighted by Gasteiger charge is 1.96. The highest BCUT2D eigenvalue weighted by atomic mass is 16.6. The van der Waals surface area contributed by atoms with Crippen LogP contribution in [0, 0.1) is 0 Å². The molecule has 0 aliphatic carbocycles. The van der Waals surface area contributed by atoms with Crippen LogP contribution in [0.1, 0.15) is 5.56 Å². The van der Waals surface area contributed by atoms with Gasteiger partial charge in [-0.1, -0.05) is 36.4 Å². The third kappa shape index (κ3) is 29.8. The standard InChI is InChI=1S/C30H52O11/c1-2-8-31-9-10-32-11-12-33-13-14-34-15-16-35-17-18-36-19-20-37-21-22-38-23-24-39-25-26-40-27-28-41-29-30-6-4-3-5-7-30/h2-7H,1,8-29H2. The summed E-state index contributed by atoms with van der Waals surface area (Å²) in [5.41, 5.74) is 1.16. The highest BCUT2D eigenvalue weighted by molar-refractivity contribution is 5.13. The predicted molar refractivity (Wildman–Crippen MR) is 154 cm³/mol. The largest absolute Gasteiger partial charge is 0.377 e. The molecule has 0 saturated carbocycles. The monoisotopic (exact) mass is 588 g/mol. The summed E-state index contributed by atoms with van der Waals surface area (Å²) in [5.74, 6) is 0. The molecule has 0 heterocycles. The van der Waals surface area contributed by atoms with Crippen molar-refractivity contribution in [1.82, 2.24) is 0 Å². The van der Waals surface area contributed by atoms with Gasteiger partial charge in [0.1, 0.15) is 0 Å². The number of ether oxygens (including phenoxy) is 11. The Balaban J connectivity index is 1.62. The molecule has 0 N–H and O–H groups in total. The summed E-state index contributed by atoms with van der Waals surface area (Å²) in [6.07, 6.45) is 1.71. The maximum absolute atomic E-state index is 5.56. The normalized spacial score (nSPS) is 11.3. The maximum atomic E-state index is 5.56. The topological polar surface area (TPSA) is 102 Å². The predicted octanol–water partition coefficient (Wildman–Crippen LogP) is 2.56. The Morgan fingerprint density at radius 3 is 0.927 bits per heavy atom. The van der Waals surface area contributed by atoms with E-state index < -0.39 is 0 Å². The van der Waals surface area contributed by atoms with Crippen molar-refractivity contribution in [3.63, 3.8) is 0 Å². The van der Waals surface area contributed by atoms with Crippen molar-refractivity contribution < 1.29 is 52.1 Å². The quantitative estimate of drug-likeness (QED) is 0.0877.